The highest BCUT2D eigenvalue weighted by atomic mass is 19.2. The van der Waals surface area contributed by atoms with E-state index in [9.17, 15) is 18.0 Å². The van der Waals surface area contributed by atoms with Crippen LogP contribution in [0.2, 0.25) is 0 Å². The van der Waals surface area contributed by atoms with Gasteiger partial charge in [-0.15, -0.1) is 0 Å². The molecule has 1 atom stereocenters. The predicted octanol–water partition coefficient (Wildman–Crippen LogP) is 3.14. The number of benzene rings is 1. The molecular weight excluding hydrogens is 283 g/mol. The van der Waals surface area contributed by atoms with Gasteiger partial charge in [0.2, 0.25) is 0 Å². The summed E-state index contributed by atoms with van der Waals surface area (Å²) in [6.07, 6.45) is 3.84. The van der Waals surface area contributed by atoms with Crippen molar-refractivity contribution < 1.29 is 22.7 Å². The molecule has 2 rings (SSSR count). The Morgan fingerprint density at radius 1 is 1.29 bits per heavy atom. The molecule has 6 heteroatoms. The lowest BCUT2D eigenvalue weighted by molar-refractivity contribution is 0.00706. The maximum atomic E-state index is 13.6. The van der Waals surface area contributed by atoms with Crippen molar-refractivity contribution in [2.75, 3.05) is 20.2 Å². The second-order valence-corrected chi connectivity index (χ2v) is 5.23. The molecule has 21 heavy (non-hydrogen) atoms. The molecule has 0 spiro atoms. The zero-order valence-corrected chi connectivity index (χ0v) is 11.9. The SMILES string of the molecule is CN(CCC1CCCCO1)C(=O)c1ccc(F)c(F)c1F. The molecule has 116 valence electrons. The van der Waals surface area contributed by atoms with Crippen LogP contribution in [0.3, 0.4) is 0 Å². The van der Waals surface area contributed by atoms with E-state index in [0.29, 0.717) is 13.0 Å². The smallest absolute Gasteiger partial charge is 0.256 e. The molecule has 0 aliphatic carbocycles. The molecular formula is C15H18F3NO2. The summed E-state index contributed by atoms with van der Waals surface area (Å²) in [6, 6.07) is 1.72. The van der Waals surface area contributed by atoms with E-state index in [1.54, 1.807) is 0 Å². The van der Waals surface area contributed by atoms with Gasteiger partial charge < -0.3 is 9.64 Å². The van der Waals surface area contributed by atoms with Crippen LogP contribution in [0.5, 0.6) is 0 Å². The van der Waals surface area contributed by atoms with Gasteiger partial charge in [0.15, 0.2) is 17.5 Å². The fourth-order valence-electron chi connectivity index (χ4n) is 2.37. The predicted molar refractivity (Wildman–Crippen MR) is 71.5 cm³/mol. The number of rotatable bonds is 4. The number of carbonyl (C=O) groups excluding carboxylic acids is 1. The summed E-state index contributed by atoms with van der Waals surface area (Å²) >= 11 is 0. The van der Waals surface area contributed by atoms with Crippen molar-refractivity contribution in [3.8, 4) is 0 Å². The van der Waals surface area contributed by atoms with Crippen LogP contribution in [-0.2, 0) is 4.74 Å². The van der Waals surface area contributed by atoms with E-state index < -0.39 is 28.9 Å². The van der Waals surface area contributed by atoms with Gasteiger partial charge in [-0.05, 0) is 37.8 Å². The van der Waals surface area contributed by atoms with Crippen LogP contribution in [0.15, 0.2) is 12.1 Å². The van der Waals surface area contributed by atoms with Crippen molar-refractivity contribution in [1.29, 1.82) is 0 Å². The summed E-state index contributed by atoms with van der Waals surface area (Å²) in [5, 5.41) is 0. The van der Waals surface area contributed by atoms with Gasteiger partial charge in [0.05, 0.1) is 11.7 Å². The fourth-order valence-corrected chi connectivity index (χ4v) is 2.37. The minimum Gasteiger partial charge on any atom is -0.378 e. The Hall–Kier alpha value is -1.56. The average Bonchev–Trinajstić information content (AvgIpc) is 2.51. The Morgan fingerprint density at radius 3 is 2.71 bits per heavy atom. The number of carbonyl (C=O) groups is 1. The van der Waals surface area contributed by atoms with Gasteiger partial charge in [0.1, 0.15) is 0 Å². The first-order chi connectivity index (χ1) is 10.0. The van der Waals surface area contributed by atoms with Crippen LogP contribution in [-0.4, -0.2) is 37.1 Å². The molecule has 1 unspecified atom stereocenters. The molecule has 1 heterocycles. The third-order valence-corrected chi connectivity index (χ3v) is 3.67. The van der Waals surface area contributed by atoms with Crippen molar-refractivity contribution in [2.24, 2.45) is 0 Å². The number of amides is 1. The van der Waals surface area contributed by atoms with Crippen LogP contribution in [0, 0.1) is 17.5 Å². The zero-order chi connectivity index (χ0) is 15.4. The van der Waals surface area contributed by atoms with Crippen LogP contribution in [0.1, 0.15) is 36.0 Å². The molecule has 0 radical (unpaired) electrons. The molecule has 1 saturated heterocycles. The summed E-state index contributed by atoms with van der Waals surface area (Å²) in [5.41, 5.74) is -0.457. The highest BCUT2D eigenvalue weighted by Crippen LogP contribution is 2.18. The number of hydrogen-bond donors (Lipinski definition) is 0. The van der Waals surface area contributed by atoms with Gasteiger partial charge in [-0.25, -0.2) is 13.2 Å². The summed E-state index contributed by atoms with van der Waals surface area (Å²) in [5.74, 6) is -5.03. The molecule has 1 fully saturated rings. The van der Waals surface area contributed by atoms with Crippen LogP contribution in [0.4, 0.5) is 13.2 Å². The molecule has 0 aromatic heterocycles. The first kappa shape index (κ1) is 15.8. The summed E-state index contributed by atoms with van der Waals surface area (Å²) in [7, 11) is 1.51. The third kappa shape index (κ3) is 3.75. The van der Waals surface area contributed by atoms with E-state index >= 15 is 0 Å². The van der Waals surface area contributed by atoms with E-state index in [2.05, 4.69) is 0 Å². The molecule has 0 N–H and O–H groups in total. The number of hydrogen-bond acceptors (Lipinski definition) is 2. The van der Waals surface area contributed by atoms with Crippen molar-refractivity contribution in [2.45, 2.75) is 31.8 Å². The van der Waals surface area contributed by atoms with Gasteiger partial charge in [-0.1, -0.05) is 0 Å². The molecule has 1 aromatic carbocycles. The standard InChI is InChI=1S/C15H18F3NO2/c1-19(8-7-10-4-2-3-9-21-10)15(20)11-5-6-12(16)14(18)13(11)17/h5-6,10H,2-4,7-9H2,1H3. The number of halogens is 3. The summed E-state index contributed by atoms with van der Waals surface area (Å²) in [4.78, 5) is 13.4. The summed E-state index contributed by atoms with van der Waals surface area (Å²) < 4.78 is 45.1. The molecule has 1 aromatic rings. The van der Waals surface area contributed by atoms with Gasteiger partial charge >= 0.3 is 0 Å². The topological polar surface area (TPSA) is 29.5 Å². The quantitative estimate of drug-likeness (QED) is 0.800. The van der Waals surface area contributed by atoms with Crippen molar-refractivity contribution >= 4 is 5.91 Å². The number of ether oxygens (including phenoxy) is 1. The van der Waals surface area contributed by atoms with Crippen LogP contribution in [0.25, 0.3) is 0 Å². The monoisotopic (exact) mass is 301 g/mol. The van der Waals surface area contributed by atoms with E-state index in [4.69, 9.17) is 4.74 Å². The third-order valence-electron chi connectivity index (χ3n) is 3.67. The van der Waals surface area contributed by atoms with Gasteiger partial charge in [0.25, 0.3) is 5.91 Å². The Labute approximate surface area is 121 Å². The molecule has 1 aliphatic heterocycles. The Bertz CT molecular complexity index is 516. The maximum absolute atomic E-state index is 13.6. The zero-order valence-electron chi connectivity index (χ0n) is 11.9. The minimum absolute atomic E-state index is 0.101. The van der Waals surface area contributed by atoms with E-state index in [1.165, 1.54) is 11.9 Å². The van der Waals surface area contributed by atoms with Crippen LogP contribution < -0.4 is 0 Å². The lowest BCUT2D eigenvalue weighted by Gasteiger charge is -2.25. The van der Waals surface area contributed by atoms with E-state index in [0.717, 1.165) is 38.0 Å². The highest BCUT2D eigenvalue weighted by molar-refractivity contribution is 5.94. The van der Waals surface area contributed by atoms with Gasteiger partial charge in [0, 0.05) is 20.2 Å². The Balaban J connectivity index is 1.97. The molecule has 0 bridgehead atoms. The Morgan fingerprint density at radius 2 is 2.05 bits per heavy atom. The van der Waals surface area contributed by atoms with Crippen molar-refractivity contribution in [3.63, 3.8) is 0 Å². The summed E-state index contributed by atoms with van der Waals surface area (Å²) in [6.45, 7) is 1.10. The van der Waals surface area contributed by atoms with E-state index in [1.807, 2.05) is 0 Å². The lowest BCUT2D eigenvalue weighted by Crippen LogP contribution is -2.32. The molecule has 1 amide bonds. The van der Waals surface area contributed by atoms with Gasteiger partial charge in [-0.3, -0.25) is 4.79 Å². The van der Waals surface area contributed by atoms with E-state index in [-0.39, 0.29) is 6.10 Å². The molecule has 3 nitrogen and oxygen atoms in total. The van der Waals surface area contributed by atoms with Crippen molar-refractivity contribution in [1.82, 2.24) is 4.90 Å². The fraction of sp³-hybridized carbons (Fsp3) is 0.533. The van der Waals surface area contributed by atoms with Crippen molar-refractivity contribution in [3.05, 3.63) is 35.1 Å². The highest BCUT2D eigenvalue weighted by Gasteiger charge is 2.22. The minimum atomic E-state index is -1.62. The lowest BCUT2D eigenvalue weighted by atomic mass is 10.1. The normalized spacial score (nSPS) is 18.6. The average molecular weight is 301 g/mol. The number of nitrogens with zero attached hydrogens (tertiary/aromatic N) is 1. The van der Waals surface area contributed by atoms with Crippen LogP contribution >= 0.6 is 0 Å². The largest absolute Gasteiger partial charge is 0.378 e. The second kappa shape index (κ2) is 6.93. The Kier molecular flexibility index (Phi) is 5.22. The maximum Gasteiger partial charge on any atom is 0.256 e. The molecule has 0 saturated carbocycles. The second-order valence-electron chi connectivity index (χ2n) is 5.23. The molecule has 1 aliphatic rings. The van der Waals surface area contributed by atoms with Gasteiger partial charge in [-0.2, -0.15) is 0 Å². The first-order valence-corrected chi connectivity index (χ1v) is 7.01. The first-order valence-electron chi connectivity index (χ1n) is 7.01.